The molecule has 0 radical (unpaired) electrons. The number of carboxylic acid groups (broad SMARTS) is 1. The van der Waals surface area contributed by atoms with Crippen LogP contribution < -0.4 is 10.1 Å². The van der Waals surface area contributed by atoms with Crippen molar-refractivity contribution in [2.75, 3.05) is 13.7 Å². The highest BCUT2D eigenvalue weighted by atomic mass is 16.5. The third kappa shape index (κ3) is 2.68. The van der Waals surface area contributed by atoms with Gasteiger partial charge in [0.15, 0.2) is 0 Å². The Kier molecular flexibility index (Phi) is 3.62. The zero-order valence-corrected chi connectivity index (χ0v) is 10.0. The number of fused-ring (bicyclic) bond motifs is 1. The van der Waals surface area contributed by atoms with Gasteiger partial charge in [-0.3, -0.25) is 0 Å². The second-order valence-electron chi connectivity index (χ2n) is 3.82. The van der Waals surface area contributed by atoms with Gasteiger partial charge in [0.25, 0.3) is 0 Å². The van der Waals surface area contributed by atoms with Crippen molar-refractivity contribution in [2.45, 2.75) is 6.42 Å². The fourth-order valence-corrected chi connectivity index (χ4v) is 1.81. The van der Waals surface area contributed by atoms with Gasteiger partial charge in [-0.15, -0.1) is 0 Å². The van der Waals surface area contributed by atoms with Crippen molar-refractivity contribution in [1.82, 2.24) is 10.3 Å². The van der Waals surface area contributed by atoms with E-state index in [1.54, 1.807) is 7.11 Å². The molecule has 2 rings (SSSR count). The Labute approximate surface area is 104 Å². The molecule has 2 aromatic rings. The molecule has 0 bridgehead atoms. The van der Waals surface area contributed by atoms with Crippen LogP contribution in [0.1, 0.15) is 5.56 Å². The molecular weight excluding hydrogens is 232 g/mol. The molecule has 1 amide bonds. The van der Waals surface area contributed by atoms with Crippen molar-refractivity contribution in [3.8, 4) is 5.88 Å². The second-order valence-corrected chi connectivity index (χ2v) is 3.82. The van der Waals surface area contributed by atoms with E-state index < -0.39 is 6.09 Å². The van der Waals surface area contributed by atoms with Crippen LogP contribution in [0.2, 0.25) is 0 Å². The SMILES string of the molecule is COc1ccc2cccc(CCNC(=O)O)c2n1. The maximum atomic E-state index is 10.4. The van der Waals surface area contributed by atoms with Crippen LogP contribution in [0.25, 0.3) is 10.9 Å². The smallest absolute Gasteiger partial charge is 0.404 e. The zero-order valence-electron chi connectivity index (χ0n) is 10.0. The molecule has 0 aliphatic heterocycles. The monoisotopic (exact) mass is 246 g/mol. The minimum atomic E-state index is -1.01. The van der Waals surface area contributed by atoms with E-state index >= 15 is 0 Å². The molecule has 0 unspecified atom stereocenters. The van der Waals surface area contributed by atoms with E-state index in [4.69, 9.17) is 9.84 Å². The standard InChI is InChI=1S/C13H14N2O3/c1-18-11-6-5-9-3-2-4-10(12(9)15-11)7-8-14-13(16)17/h2-6,14H,7-8H2,1H3,(H,16,17). The lowest BCUT2D eigenvalue weighted by Gasteiger charge is -2.07. The number of para-hydroxylation sites is 1. The third-order valence-corrected chi connectivity index (χ3v) is 2.66. The molecule has 0 aliphatic rings. The van der Waals surface area contributed by atoms with Gasteiger partial charge in [0.1, 0.15) is 0 Å². The Morgan fingerprint density at radius 1 is 1.39 bits per heavy atom. The molecule has 0 fully saturated rings. The minimum absolute atomic E-state index is 0.368. The molecular formula is C13H14N2O3. The van der Waals surface area contributed by atoms with E-state index in [0.717, 1.165) is 16.5 Å². The zero-order chi connectivity index (χ0) is 13.0. The lowest BCUT2D eigenvalue weighted by Crippen LogP contribution is -2.23. The number of benzene rings is 1. The minimum Gasteiger partial charge on any atom is -0.481 e. The van der Waals surface area contributed by atoms with E-state index in [0.29, 0.717) is 18.8 Å². The van der Waals surface area contributed by atoms with Gasteiger partial charge in [0, 0.05) is 18.0 Å². The first kappa shape index (κ1) is 12.2. The molecule has 1 aromatic heterocycles. The van der Waals surface area contributed by atoms with Gasteiger partial charge in [0.2, 0.25) is 5.88 Å². The summed E-state index contributed by atoms with van der Waals surface area (Å²) in [7, 11) is 1.57. The summed E-state index contributed by atoms with van der Waals surface area (Å²) >= 11 is 0. The largest absolute Gasteiger partial charge is 0.481 e. The first-order valence-corrected chi connectivity index (χ1v) is 5.60. The number of aromatic nitrogens is 1. The summed E-state index contributed by atoms with van der Waals surface area (Å²) in [6, 6.07) is 9.59. The van der Waals surface area contributed by atoms with Gasteiger partial charge in [0.05, 0.1) is 12.6 Å². The highest BCUT2D eigenvalue weighted by Gasteiger charge is 2.04. The van der Waals surface area contributed by atoms with E-state index in [2.05, 4.69) is 10.3 Å². The number of hydrogen-bond donors (Lipinski definition) is 2. The number of nitrogens with zero attached hydrogens (tertiary/aromatic N) is 1. The fraction of sp³-hybridized carbons (Fsp3) is 0.231. The normalized spacial score (nSPS) is 10.3. The predicted octanol–water partition coefficient (Wildman–Crippen LogP) is 2.05. The van der Waals surface area contributed by atoms with Crippen molar-refractivity contribution >= 4 is 17.0 Å². The van der Waals surface area contributed by atoms with Crippen LogP contribution in [0.5, 0.6) is 5.88 Å². The summed E-state index contributed by atoms with van der Waals surface area (Å²) in [5.74, 6) is 0.557. The van der Waals surface area contributed by atoms with Gasteiger partial charge >= 0.3 is 6.09 Å². The number of nitrogens with one attached hydrogen (secondary N) is 1. The number of methoxy groups -OCH3 is 1. The Morgan fingerprint density at radius 2 is 2.22 bits per heavy atom. The van der Waals surface area contributed by atoms with Crippen LogP contribution in [0.15, 0.2) is 30.3 Å². The molecule has 0 spiro atoms. The van der Waals surface area contributed by atoms with Crippen LogP contribution in [-0.4, -0.2) is 29.8 Å². The number of ether oxygens (including phenoxy) is 1. The molecule has 0 aliphatic carbocycles. The van der Waals surface area contributed by atoms with Crippen molar-refractivity contribution < 1.29 is 14.6 Å². The summed E-state index contributed by atoms with van der Waals surface area (Å²) in [5.41, 5.74) is 1.85. The van der Waals surface area contributed by atoms with Crippen molar-refractivity contribution in [2.24, 2.45) is 0 Å². The van der Waals surface area contributed by atoms with Gasteiger partial charge in [-0.05, 0) is 18.1 Å². The van der Waals surface area contributed by atoms with Crippen LogP contribution >= 0.6 is 0 Å². The molecule has 5 nitrogen and oxygen atoms in total. The first-order chi connectivity index (χ1) is 8.70. The Hall–Kier alpha value is -2.30. The summed E-state index contributed by atoms with van der Waals surface area (Å²) in [4.78, 5) is 14.8. The molecule has 0 saturated carbocycles. The van der Waals surface area contributed by atoms with Crippen LogP contribution in [0.4, 0.5) is 4.79 Å². The van der Waals surface area contributed by atoms with Crippen molar-refractivity contribution in [1.29, 1.82) is 0 Å². The van der Waals surface area contributed by atoms with Gasteiger partial charge in [-0.2, -0.15) is 0 Å². The average Bonchev–Trinajstić information content (AvgIpc) is 2.38. The van der Waals surface area contributed by atoms with E-state index in [1.807, 2.05) is 30.3 Å². The topological polar surface area (TPSA) is 71.5 Å². The van der Waals surface area contributed by atoms with Crippen LogP contribution in [0.3, 0.4) is 0 Å². The molecule has 1 aromatic carbocycles. The molecule has 94 valence electrons. The Morgan fingerprint density at radius 3 is 2.94 bits per heavy atom. The van der Waals surface area contributed by atoms with Gasteiger partial charge in [-0.1, -0.05) is 18.2 Å². The highest BCUT2D eigenvalue weighted by molar-refractivity contribution is 5.82. The maximum Gasteiger partial charge on any atom is 0.404 e. The molecule has 0 atom stereocenters. The summed E-state index contributed by atoms with van der Waals surface area (Å²) in [5, 5.41) is 11.9. The Balaban J connectivity index is 2.28. The Bertz CT molecular complexity index is 569. The summed E-state index contributed by atoms with van der Waals surface area (Å²) in [6.07, 6.45) is -0.412. The fourth-order valence-electron chi connectivity index (χ4n) is 1.81. The van der Waals surface area contributed by atoms with E-state index in [1.165, 1.54) is 0 Å². The van der Waals surface area contributed by atoms with Crippen molar-refractivity contribution in [3.63, 3.8) is 0 Å². The molecule has 18 heavy (non-hydrogen) atoms. The van der Waals surface area contributed by atoms with Crippen molar-refractivity contribution in [3.05, 3.63) is 35.9 Å². The molecule has 0 saturated heterocycles. The lowest BCUT2D eigenvalue weighted by atomic mass is 10.1. The van der Waals surface area contributed by atoms with Crippen LogP contribution in [0, 0.1) is 0 Å². The summed E-state index contributed by atoms with van der Waals surface area (Å²) < 4.78 is 5.10. The van der Waals surface area contributed by atoms with Crippen LogP contribution in [-0.2, 0) is 6.42 Å². The maximum absolute atomic E-state index is 10.4. The lowest BCUT2D eigenvalue weighted by molar-refractivity contribution is 0.194. The predicted molar refractivity (Wildman–Crippen MR) is 68.0 cm³/mol. The quantitative estimate of drug-likeness (QED) is 0.866. The third-order valence-electron chi connectivity index (χ3n) is 2.66. The second kappa shape index (κ2) is 5.35. The van der Waals surface area contributed by atoms with E-state index in [-0.39, 0.29) is 0 Å². The first-order valence-electron chi connectivity index (χ1n) is 5.60. The van der Waals surface area contributed by atoms with Gasteiger partial charge in [-0.25, -0.2) is 9.78 Å². The summed E-state index contributed by atoms with van der Waals surface area (Å²) in [6.45, 7) is 0.368. The molecule has 2 N–H and O–H groups in total. The highest BCUT2D eigenvalue weighted by Crippen LogP contribution is 2.20. The number of carbonyl (C=O) groups is 1. The number of rotatable bonds is 4. The average molecular weight is 246 g/mol. The van der Waals surface area contributed by atoms with E-state index in [9.17, 15) is 4.79 Å². The molecule has 1 heterocycles. The number of amides is 1. The number of pyridine rings is 1. The molecule has 5 heteroatoms. The number of hydrogen-bond acceptors (Lipinski definition) is 3. The van der Waals surface area contributed by atoms with Gasteiger partial charge < -0.3 is 15.2 Å².